The molecule has 172 valence electrons. The van der Waals surface area contributed by atoms with Gasteiger partial charge in [-0.15, -0.1) is 0 Å². The van der Waals surface area contributed by atoms with Gasteiger partial charge in [-0.1, -0.05) is 20.8 Å². The molecule has 0 heterocycles. The molecule has 4 aliphatic rings. The molecule has 0 aliphatic heterocycles. The van der Waals surface area contributed by atoms with Crippen LogP contribution < -0.4 is 0 Å². The van der Waals surface area contributed by atoms with Crippen LogP contribution in [0.3, 0.4) is 0 Å². The summed E-state index contributed by atoms with van der Waals surface area (Å²) < 4.78 is 50.2. The lowest BCUT2D eigenvalue weighted by Crippen LogP contribution is -2.60. The molecule has 1 unspecified atom stereocenters. The van der Waals surface area contributed by atoms with E-state index in [0.29, 0.717) is 31.1 Å². The van der Waals surface area contributed by atoms with Crippen molar-refractivity contribution >= 4 is 5.97 Å². The Balaban J connectivity index is 1.57. The molecule has 30 heavy (non-hydrogen) atoms. The van der Waals surface area contributed by atoms with Crippen LogP contribution in [0.2, 0.25) is 0 Å². The van der Waals surface area contributed by atoms with Gasteiger partial charge in [0.1, 0.15) is 6.17 Å². The number of esters is 1. The Bertz CT molecular complexity index is 667. The summed E-state index contributed by atoms with van der Waals surface area (Å²) in [4.78, 5) is 11.6. The highest BCUT2D eigenvalue weighted by Gasteiger charge is 2.68. The van der Waals surface area contributed by atoms with Gasteiger partial charge in [-0.3, -0.25) is 4.79 Å². The maximum atomic E-state index is 15.7. The number of fused-ring (bicyclic) bond motifs is 5. The zero-order chi connectivity index (χ0) is 21.9. The van der Waals surface area contributed by atoms with E-state index in [4.69, 9.17) is 4.74 Å². The van der Waals surface area contributed by atoms with Crippen LogP contribution in [-0.2, 0) is 9.53 Å². The zero-order valence-electron chi connectivity index (χ0n) is 19.1. The van der Waals surface area contributed by atoms with Gasteiger partial charge in [0.05, 0.1) is 7.11 Å². The second-order valence-electron chi connectivity index (χ2n) is 11.6. The first-order valence-electron chi connectivity index (χ1n) is 12.1. The van der Waals surface area contributed by atoms with Crippen molar-refractivity contribution < 1.29 is 22.7 Å². The molecular weight excluding hydrogens is 389 g/mol. The molecule has 4 aliphatic carbocycles. The van der Waals surface area contributed by atoms with Gasteiger partial charge in [-0.2, -0.15) is 0 Å². The largest absolute Gasteiger partial charge is 0.469 e. The molecule has 0 aromatic heterocycles. The van der Waals surface area contributed by atoms with Gasteiger partial charge in [0.15, 0.2) is 0 Å². The number of rotatable bonds is 4. The van der Waals surface area contributed by atoms with Crippen molar-refractivity contribution in [2.24, 2.45) is 46.3 Å². The van der Waals surface area contributed by atoms with Crippen molar-refractivity contribution in [3.8, 4) is 0 Å². The van der Waals surface area contributed by atoms with Crippen molar-refractivity contribution in [1.29, 1.82) is 0 Å². The van der Waals surface area contributed by atoms with Gasteiger partial charge < -0.3 is 4.74 Å². The normalized spacial score (nSPS) is 48.2. The van der Waals surface area contributed by atoms with Gasteiger partial charge in [0.25, 0.3) is 5.92 Å². The molecule has 0 spiro atoms. The highest BCUT2D eigenvalue weighted by atomic mass is 19.3. The predicted octanol–water partition coefficient (Wildman–Crippen LogP) is 6.82. The monoisotopic (exact) mass is 428 g/mol. The summed E-state index contributed by atoms with van der Waals surface area (Å²) in [7, 11) is 1.41. The molecule has 9 atom stereocenters. The molecule has 0 aromatic carbocycles. The van der Waals surface area contributed by atoms with Gasteiger partial charge >= 0.3 is 5.97 Å². The highest BCUT2D eigenvalue weighted by molar-refractivity contribution is 5.69. The van der Waals surface area contributed by atoms with E-state index in [1.54, 1.807) is 0 Å². The number of carbonyl (C=O) groups excluding carboxylic acids is 1. The first-order chi connectivity index (χ1) is 14.0. The number of ether oxygens (including phenoxy) is 1. The first kappa shape index (κ1) is 22.5. The number of alkyl halides is 3. The second-order valence-corrected chi connectivity index (χ2v) is 11.6. The molecule has 5 heteroatoms. The average molecular weight is 429 g/mol. The van der Waals surface area contributed by atoms with Crippen LogP contribution >= 0.6 is 0 Å². The molecular formula is C25H39F3O2. The first-order valence-corrected chi connectivity index (χ1v) is 12.1. The minimum atomic E-state index is -2.69. The SMILES string of the molecule is COC(=O)CC[C@@H](C)C1CC[C@H]2[C@H]3[C@H](CC[C@]12C)[C@@]1(C)CC[C@H](F)C[C@H]1CC3(F)F. The topological polar surface area (TPSA) is 26.3 Å². The van der Waals surface area contributed by atoms with Crippen LogP contribution in [0.1, 0.15) is 85.0 Å². The predicted molar refractivity (Wildman–Crippen MR) is 111 cm³/mol. The zero-order valence-corrected chi connectivity index (χ0v) is 19.1. The van der Waals surface area contributed by atoms with Gasteiger partial charge in [-0.25, -0.2) is 13.2 Å². The fraction of sp³-hybridized carbons (Fsp3) is 0.960. The lowest BCUT2D eigenvalue weighted by atomic mass is 9.43. The van der Waals surface area contributed by atoms with E-state index in [1.165, 1.54) is 7.11 Å². The molecule has 2 nitrogen and oxygen atoms in total. The summed E-state index contributed by atoms with van der Waals surface area (Å²) in [6.45, 7) is 6.64. The van der Waals surface area contributed by atoms with Crippen LogP contribution in [0.4, 0.5) is 13.2 Å². The lowest BCUT2D eigenvalue weighted by Gasteiger charge is -2.62. The van der Waals surface area contributed by atoms with Crippen molar-refractivity contribution in [3.05, 3.63) is 0 Å². The van der Waals surface area contributed by atoms with Crippen molar-refractivity contribution in [2.75, 3.05) is 7.11 Å². The Morgan fingerprint density at radius 1 is 1.07 bits per heavy atom. The third-order valence-corrected chi connectivity index (χ3v) is 10.4. The summed E-state index contributed by atoms with van der Waals surface area (Å²) in [6, 6.07) is 0. The Kier molecular flexibility index (Phi) is 5.76. The fourth-order valence-corrected chi connectivity index (χ4v) is 8.73. The quantitative estimate of drug-likeness (QED) is 0.459. The van der Waals surface area contributed by atoms with Crippen LogP contribution in [0, 0.1) is 46.3 Å². The van der Waals surface area contributed by atoms with E-state index >= 15 is 8.78 Å². The molecule has 4 rings (SSSR count). The van der Waals surface area contributed by atoms with Crippen LogP contribution in [0.5, 0.6) is 0 Å². The van der Waals surface area contributed by atoms with Crippen LogP contribution in [-0.4, -0.2) is 25.2 Å². The molecule has 0 amide bonds. The molecule has 0 N–H and O–H groups in total. The Morgan fingerprint density at radius 2 is 1.73 bits per heavy atom. The van der Waals surface area contributed by atoms with E-state index in [0.717, 1.165) is 38.5 Å². The Labute approximate surface area is 179 Å². The molecule has 0 bridgehead atoms. The van der Waals surface area contributed by atoms with Crippen LogP contribution in [0.25, 0.3) is 0 Å². The maximum absolute atomic E-state index is 15.7. The molecule has 0 radical (unpaired) electrons. The number of halogens is 3. The highest BCUT2D eigenvalue weighted by Crippen LogP contribution is 2.71. The maximum Gasteiger partial charge on any atom is 0.305 e. The molecule has 4 fully saturated rings. The number of hydrogen-bond donors (Lipinski definition) is 0. The van der Waals surface area contributed by atoms with Gasteiger partial charge in [0, 0.05) is 18.8 Å². The number of carbonyl (C=O) groups is 1. The summed E-state index contributed by atoms with van der Waals surface area (Å²) >= 11 is 0. The van der Waals surface area contributed by atoms with Crippen molar-refractivity contribution in [1.82, 2.24) is 0 Å². The van der Waals surface area contributed by atoms with E-state index in [-0.39, 0.29) is 41.0 Å². The van der Waals surface area contributed by atoms with Gasteiger partial charge in [0.2, 0.25) is 0 Å². The smallest absolute Gasteiger partial charge is 0.305 e. The third kappa shape index (κ3) is 3.41. The van der Waals surface area contributed by atoms with E-state index in [9.17, 15) is 9.18 Å². The second kappa shape index (κ2) is 7.69. The summed E-state index contributed by atoms with van der Waals surface area (Å²) in [5.41, 5.74) is -0.217. The van der Waals surface area contributed by atoms with E-state index < -0.39 is 18.0 Å². The lowest BCUT2D eigenvalue weighted by molar-refractivity contribution is -0.236. The standard InChI is InChI=1S/C25H39F3O2/c1-15(5-8-21(29)30-4)18-6-7-19-22-20(10-12-24(18,19)3)23(2)11-9-17(26)13-16(23)14-25(22,27)28/h15-20,22H,5-14H2,1-4H3/t15-,16+,17+,18?,19+,20+,22+,23+,24-/m1/s1. The molecule has 0 aromatic rings. The molecule has 0 saturated heterocycles. The minimum Gasteiger partial charge on any atom is -0.469 e. The molecule has 4 saturated carbocycles. The minimum absolute atomic E-state index is 0.0148. The summed E-state index contributed by atoms with van der Waals surface area (Å²) in [6.07, 6.45) is 5.45. The van der Waals surface area contributed by atoms with E-state index in [1.807, 2.05) is 0 Å². The van der Waals surface area contributed by atoms with Crippen LogP contribution in [0.15, 0.2) is 0 Å². The van der Waals surface area contributed by atoms with Crippen molar-refractivity contribution in [2.45, 2.75) is 97.1 Å². The number of hydrogen-bond acceptors (Lipinski definition) is 2. The third-order valence-electron chi connectivity index (χ3n) is 10.4. The van der Waals surface area contributed by atoms with E-state index in [2.05, 4.69) is 20.8 Å². The van der Waals surface area contributed by atoms with Gasteiger partial charge in [-0.05, 0) is 91.8 Å². The Hall–Kier alpha value is -0.740. The number of methoxy groups -OCH3 is 1. The average Bonchev–Trinajstić information content (AvgIpc) is 3.04. The Morgan fingerprint density at radius 3 is 2.43 bits per heavy atom. The summed E-state index contributed by atoms with van der Waals surface area (Å²) in [5.74, 6) is -2.86. The fourth-order valence-electron chi connectivity index (χ4n) is 8.73. The van der Waals surface area contributed by atoms with Crippen molar-refractivity contribution in [3.63, 3.8) is 0 Å². The summed E-state index contributed by atoms with van der Waals surface area (Å²) in [5, 5.41) is 0.